The number of aliphatic hydroxyl groups is 4. The highest BCUT2D eigenvalue weighted by molar-refractivity contribution is 5.75. The first-order valence-corrected chi connectivity index (χ1v) is 6.10. The standard InChI is InChI=1S/C12H15F2N3O4/c13-4-1-6-7(2-5(4)14)17-12(16-6)9(15)11(21)10(20)8(19)3-18/h1-2,8-11,18-21H,3,15H2,(H,16,17)/t8?,9?,10-,11+/m0/s1. The molecule has 4 atom stereocenters. The molecule has 2 unspecified atom stereocenters. The minimum atomic E-state index is -1.70. The SMILES string of the molecule is NC(c1nc2cc(F)c(F)cc2[nH]1)[C@@H](O)[C@@H](O)C(O)CO. The number of imidazole rings is 1. The highest BCUT2D eigenvalue weighted by Crippen LogP contribution is 2.21. The van der Waals surface area contributed by atoms with E-state index in [1.165, 1.54) is 0 Å². The van der Waals surface area contributed by atoms with Crippen LogP contribution >= 0.6 is 0 Å². The summed E-state index contributed by atoms with van der Waals surface area (Å²) in [5, 5.41) is 37.4. The van der Waals surface area contributed by atoms with Gasteiger partial charge in [-0.3, -0.25) is 0 Å². The highest BCUT2D eigenvalue weighted by atomic mass is 19.2. The molecular weight excluding hydrogens is 288 g/mol. The molecule has 21 heavy (non-hydrogen) atoms. The molecule has 0 saturated heterocycles. The van der Waals surface area contributed by atoms with Gasteiger partial charge in [0.1, 0.15) is 24.1 Å². The maximum Gasteiger partial charge on any atom is 0.161 e. The van der Waals surface area contributed by atoms with E-state index in [2.05, 4.69) is 9.97 Å². The predicted molar refractivity (Wildman–Crippen MR) is 68.0 cm³/mol. The minimum absolute atomic E-state index is 0.0216. The van der Waals surface area contributed by atoms with Crippen molar-refractivity contribution in [2.24, 2.45) is 5.73 Å². The Balaban J connectivity index is 2.28. The van der Waals surface area contributed by atoms with Crippen molar-refractivity contribution in [1.29, 1.82) is 0 Å². The van der Waals surface area contributed by atoms with Crippen LogP contribution in [0.3, 0.4) is 0 Å². The van der Waals surface area contributed by atoms with Crippen molar-refractivity contribution in [3.8, 4) is 0 Å². The Labute approximate surface area is 117 Å². The lowest BCUT2D eigenvalue weighted by molar-refractivity contribution is -0.0844. The third-order valence-corrected chi connectivity index (χ3v) is 3.16. The van der Waals surface area contributed by atoms with Crippen LogP contribution in [0, 0.1) is 11.6 Å². The first kappa shape index (κ1) is 15.7. The summed E-state index contributed by atoms with van der Waals surface area (Å²) in [5.74, 6) is -2.17. The minimum Gasteiger partial charge on any atom is -0.394 e. The lowest BCUT2D eigenvalue weighted by Crippen LogP contribution is -2.45. The number of fused-ring (bicyclic) bond motifs is 1. The molecule has 0 radical (unpaired) electrons. The number of nitrogens with two attached hydrogens (primary N) is 1. The van der Waals surface area contributed by atoms with Gasteiger partial charge in [-0.15, -0.1) is 0 Å². The van der Waals surface area contributed by atoms with Gasteiger partial charge in [-0.1, -0.05) is 0 Å². The first-order chi connectivity index (χ1) is 9.85. The zero-order valence-electron chi connectivity index (χ0n) is 10.7. The third kappa shape index (κ3) is 3.01. The number of aromatic nitrogens is 2. The maximum atomic E-state index is 13.1. The van der Waals surface area contributed by atoms with Gasteiger partial charge < -0.3 is 31.1 Å². The summed E-state index contributed by atoms with van der Waals surface area (Å²) in [7, 11) is 0. The monoisotopic (exact) mass is 303 g/mol. The number of aromatic amines is 1. The number of nitrogens with zero attached hydrogens (tertiary/aromatic N) is 1. The molecule has 1 aromatic heterocycles. The Hall–Kier alpha value is -1.65. The number of rotatable bonds is 5. The molecule has 1 heterocycles. The zero-order valence-corrected chi connectivity index (χ0v) is 10.7. The van der Waals surface area contributed by atoms with Gasteiger partial charge >= 0.3 is 0 Å². The van der Waals surface area contributed by atoms with Gasteiger partial charge in [-0.05, 0) is 0 Å². The van der Waals surface area contributed by atoms with E-state index in [9.17, 15) is 24.1 Å². The van der Waals surface area contributed by atoms with Crippen LogP contribution in [0.25, 0.3) is 11.0 Å². The van der Waals surface area contributed by atoms with E-state index in [1.807, 2.05) is 0 Å². The van der Waals surface area contributed by atoms with Crippen molar-refractivity contribution in [3.63, 3.8) is 0 Å². The lowest BCUT2D eigenvalue weighted by atomic mass is 10.0. The largest absolute Gasteiger partial charge is 0.394 e. The van der Waals surface area contributed by atoms with E-state index in [0.717, 1.165) is 12.1 Å². The predicted octanol–water partition coefficient (Wildman–Crippen LogP) is -1.08. The van der Waals surface area contributed by atoms with Gasteiger partial charge in [-0.25, -0.2) is 13.8 Å². The molecule has 1 aromatic carbocycles. The molecule has 7 N–H and O–H groups in total. The molecule has 2 rings (SSSR count). The Morgan fingerprint density at radius 3 is 2.38 bits per heavy atom. The maximum absolute atomic E-state index is 13.1. The summed E-state index contributed by atoms with van der Waals surface area (Å²) < 4.78 is 26.2. The second-order valence-corrected chi connectivity index (χ2v) is 4.66. The van der Waals surface area contributed by atoms with Crippen LogP contribution in [0.4, 0.5) is 8.78 Å². The first-order valence-electron chi connectivity index (χ1n) is 6.10. The quantitative estimate of drug-likeness (QED) is 0.416. The molecule has 0 fully saturated rings. The van der Waals surface area contributed by atoms with Crippen molar-refractivity contribution in [2.45, 2.75) is 24.4 Å². The van der Waals surface area contributed by atoms with Gasteiger partial charge in [0.25, 0.3) is 0 Å². The molecule has 0 aliphatic carbocycles. The molecule has 7 nitrogen and oxygen atoms in total. The molecule has 0 amide bonds. The van der Waals surface area contributed by atoms with E-state index >= 15 is 0 Å². The van der Waals surface area contributed by atoms with E-state index < -0.39 is 42.6 Å². The molecule has 0 saturated carbocycles. The number of hydrogen-bond donors (Lipinski definition) is 6. The number of nitrogens with one attached hydrogen (secondary N) is 1. The summed E-state index contributed by atoms with van der Waals surface area (Å²) >= 11 is 0. The van der Waals surface area contributed by atoms with Crippen molar-refractivity contribution in [3.05, 3.63) is 29.6 Å². The summed E-state index contributed by atoms with van der Waals surface area (Å²) in [6.07, 6.45) is -4.92. The summed E-state index contributed by atoms with van der Waals surface area (Å²) in [6.45, 7) is -0.762. The van der Waals surface area contributed by atoms with Crippen LogP contribution in [0.2, 0.25) is 0 Å². The number of hydrogen-bond acceptors (Lipinski definition) is 6. The van der Waals surface area contributed by atoms with Crippen LogP contribution in [0.1, 0.15) is 11.9 Å². The van der Waals surface area contributed by atoms with Gasteiger partial charge in [-0.2, -0.15) is 0 Å². The molecule has 0 spiro atoms. The fourth-order valence-electron chi connectivity index (χ4n) is 1.89. The fraction of sp³-hybridized carbons (Fsp3) is 0.417. The zero-order chi connectivity index (χ0) is 15.7. The Bertz CT molecular complexity index is 597. The van der Waals surface area contributed by atoms with Crippen LogP contribution < -0.4 is 5.73 Å². The molecule has 116 valence electrons. The third-order valence-electron chi connectivity index (χ3n) is 3.16. The molecule has 0 aliphatic heterocycles. The highest BCUT2D eigenvalue weighted by Gasteiger charge is 2.31. The van der Waals surface area contributed by atoms with Gasteiger partial charge in [0.05, 0.1) is 23.7 Å². The molecule has 9 heteroatoms. The number of aliphatic hydroxyl groups excluding tert-OH is 4. The molecule has 0 bridgehead atoms. The van der Waals surface area contributed by atoms with E-state index in [-0.39, 0.29) is 16.9 Å². The Morgan fingerprint density at radius 2 is 1.76 bits per heavy atom. The average molecular weight is 303 g/mol. The Kier molecular flexibility index (Phi) is 4.49. The van der Waals surface area contributed by atoms with E-state index in [4.69, 9.17) is 10.8 Å². The fourth-order valence-corrected chi connectivity index (χ4v) is 1.89. The topological polar surface area (TPSA) is 136 Å². The Morgan fingerprint density at radius 1 is 1.14 bits per heavy atom. The molecular formula is C12H15F2N3O4. The van der Waals surface area contributed by atoms with Crippen LogP contribution in [0.5, 0.6) is 0 Å². The van der Waals surface area contributed by atoms with E-state index in [1.54, 1.807) is 0 Å². The van der Waals surface area contributed by atoms with Crippen molar-refractivity contribution in [1.82, 2.24) is 9.97 Å². The van der Waals surface area contributed by atoms with Gasteiger partial charge in [0.15, 0.2) is 11.6 Å². The van der Waals surface area contributed by atoms with E-state index in [0.29, 0.717) is 0 Å². The van der Waals surface area contributed by atoms with Gasteiger partial charge in [0, 0.05) is 12.1 Å². The molecule has 0 aliphatic rings. The van der Waals surface area contributed by atoms with Crippen LogP contribution in [-0.2, 0) is 0 Å². The number of benzene rings is 1. The van der Waals surface area contributed by atoms with Crippen molar-refractivity contribution >= 4 is 11.0 Å². The normalized spacial score (nSPS) is 17.7. The van der Waals surface area contributed by atoms with Crippen molar-refractivity contribution in [2.75, 3.05) is 6.61 Å². The van der Waals surface area contributed by atoms with Crippen molar-refractivity contribution < 1.29 is 29.2 Å². The molecule has 2 aromatic rings. The summed E-state index contributed by atoms with van der Waals surface area (Å²) in [4.78, 5) is 6.50. The lowest BCUT2D eigenvalue weighted by Gasteiger charge is -2.25. The summed E-state index contributed by atoms with van der Waals surface area (Å²) in [6, 6.07) is 0.502. The number of H-pyrrole nitrogens is 1. The van der Waals surface area contributed by atoms with Gasteiger partial charge in [0.2, 0.25) is 0 Å². The number of halogens is 2. The summed E-state index contributed by atoms with van der Waals surface area (Å²) in [5.41, 5.74) is 5.96. The van der Waals surface area contributed by atoms with Crippen LogP contribution in [0.15, 0.2) is 12.1 Å². The second kappa shape index (κ2) is 6.00. The van der Waals surface area contributed by atoms with Crippen LogP contribution in [-0.4, -0.2) is 55.3 Å². The average Bonchev–Trinajstić information content (AvgIpc) is 2.87. The smallest absolute Gasteiger partial charge is 0.161 e. The second-order valence-electron chi connectivity index (χ2n) is 4.66.